The summed E-state index contributed by atoms with van der Waals surface area (Å²) in [7, 11) is 1.72. The molecule has 0 radical (unpaired) electrons. The minimum Gasteiger partial charge on any atom is -0.493 e. The first kappa shape index (κ1) is 14.0. The van der Waals surface area contributed by atoms with E-state index in [0.717, 1.165) is 5.82 Å². The Hall–Kier alpha value is -2.37. The van der Waals surface area contributed by atoms with Crippen LogP contribution in [0.25, 0.3) is 0 Å². The van der Waals surface area contributed by atoms with Crippen LogP contribution >= 0.6 is 0 Å². The minimum atomic E-state index is -0.114. The van der Waals surface area contributed by atoms with Crippen molar-refractivity contribution in [3.8, 4) is 5.75 Å². The maximum atomic E-state index is 12.4. The maximum Gasteiger partial charge on any atom is 0.257 e. The number of aromatic nitrogens is 3. The molecule has 106 valence electrons. The highest BCUT2D eigenvalue weighted by Gasteiger charge is 2.17. The quantitative estimate of drug-likeness (QED) is 0.902. The van der Waals surface area contributed by atoms with Gasteiger partial charge in [-0.3, -0.25) is 9.89 Å². The van der Waals surface area contributed by atoms with Crippen LogP contribution in [0.15, 0.2) is 24.3 Å². The third-order valence-electron chi connectivity index (χ3n) is 2.79. The van der Waals surface area contributed by atoms with Gasteiger partial charge in [0.05, 0.1) is 18.7 Å². The second-order valence-corrected chi connectivity index (χ2v) is 4.43. The molecule has 0 saturated carbocycles. The van der Waals surface area contributed by atoms with Crippen molar-refractivity contribution >= 4 is 5.91 Å². The Bertz CT molecular complexity index is 594. The average molecular weight is 274 g/mol. The van der Waals surface area contributed by atoms with Crippen LogP contribution in [0.3, 0.4) is 0 Å². The Labute approximate surface area is 117 Å². The van der Waals surface area contributed by atoms with E-state index in [1.807, 2.05) is 26.0 Å². The lowest BCUT2D eigenvalue weighted by Gasteiger charge is -2.17. The Morgan fingerprint density at radius 3 is 2.80 bits per heavy atom. The van der Waals surface area contributed by atoms with Crippen LogP contribution in [0.4, 0.5) is 0 Å². The first-order chi connectivity index (χ1) is 9.61. The van der Waals surface area contributed by atoms with E-state index < -0.39 is 0 Å². The van der Waals surface area contributed by atoms with Gasteiger partial charge in [-0.05, 0) is 26.0 Å². The molecule has 1 aromatic carbocycles. The summed E-state index contributed by atoms with van der Waals surface area (Å²) in [6, 6.07) is 7.22. The Balaban J connectivity index is 2.14. The van der Waals surface area contributed by atoms with E-state index in [9.17, 15) is 4.79 Å². The molecule has 0 unspecified atom stereocenters. The lowest BCUT2D eigenvalue weighted by atomic mass is 10.2. The molecule has 1 heterocycles. The van der Waals surface area contributed by atoms with E-state index in [4.69, 9.17) is 4.74 Å². The number of ether oxygens (including phenoxy) is 1. The van der Waals surface area contributed by atoms with E-state index in [-0.39, 0.29) is 5.91 Å². The molecule has 0 spiro atoms. The van der Waals surface area contributed by atoms with Gasteiger partial charge >= 0.3 is 0 Å². The third kappa shape index (κ3) is 3.14. The molecular weight excluding hydrogens is 256 g/mol. The molecule has 0 aliphatic heterocycles. The summed E-state index contributed by atoms with van der Waals surface area (Å²) < 4.78 is 5.48. The number of amides is 1. The summed E-state index contributed by atoms with van der Waals surface area (Å²) in [5.41, 5.74) is 0.545. The topological polar surface area (TPSA) is 71.1 Å². The van der Waals surface area contributed by atoms with E-state index in [2.05, 4.69) is 15.2 Å². The van der Waals surface area contributed by atoms with Crippen molar-refractivity contribution in [2.45, 2.75) is 20.4 Å². The number of aromatic amines is 1. The van der Waals surface area contributed by atoms with Crippen molar-refractivity contribution in [2.24, 2.45) is 0 Å². The molecule has 1 amide bonds. The van der Waals surface area contributed by atoms with Crippen molar-refractivity contribution in [1.82, 2.24) is 20.1 Å². The lowest BCUT2D eigenvalue weighted by molar-refractivity contribution is 0.0777. The van der Waals surface area contributed by atoms with Crippen LogP contribution in [-0.2, 0) is 6.54 Å². The number of benzene rings is 1. The monoisotopic (exact) mass is 274 g/mol. The summed E-state index contributed by atoms with van der Waals surface area (Å²) in [4.78, 5) is 18.2. The van der Waals surface area contributed by atoms with Crippen LogP contribution in [0, 0.1) is 6.92 Å². The number of nitrogens with one attached hydrogen (secondary N) is 1. The first-order valence-electron chi connectivity index (χ1n) is 6.47. The average Bonchev–Trinajstić information content (AvgIpc) is 2.84. The van der Waals surface area contributed by atoms with Crippen molar-refractivity contribution in [2.75, 3.05) is 13.7 Å². The van der Waals surface area contributed by atoms with Gasteiger partial charge in [0.1, 0.15) is 11.6 Å². The Morgan fingerprint density at radius 2 is 2.15 bits per heavy atom. The van der Waals surface area contributed by atoms with Gasteiger partial charge in [-0.25, -0.2) is 4.98 Å². The van der Waals surface area contributed by atoms with Gasteiger partial charge in [-0.15, -0.1) is 0 Å². The summed E-state index contributed by atoms with van der Waals surface area (Å²) in [5, 5.41) is 6.79. The molecule has 2 aromatic rings. The molecule has 1 N–H and O–H groups in total. The molecule has 0 fully saturated rings. The predicted molar refractivity (Wildman–Crippen MR) is 74.5 cm³/mol. The van der Waals surface area contributed by atoms with Crippen molar-refractivity contribution in [3.05, 3.63) is 41.5 Å². The fraction of sp³-hybridized carbons (Fsp3) is 0.357. The predicted octanol–water partition coefficient (Wildman–Crippen LogP) is 1.78. The number of para-hydroxylation sites is 1. The molecule has 6 nitrogen and oxygen atoms in total. The molecule has 1 aromatic heterocycles. The summed E-state index contributed by atoms with van der Waals surface area (Å²) in [6.45, 7) is 4.59. The lowest BCUT2D eigenvalue weighted by Crippen LogP contribution is -2.27. The van der Waals surface area contributed by atoms with E-state index >= 15 is 0 Å². The van der Waals surface area contributed by atoms with E-state index in [0.29, 0.717) is 30.3 Å². The van der Waals surface area contributed by atoms with Gasteiger partial charge in [0.25, 0.3) is 5.91 Å². The number of hydrogen-bond acceptors (Lipinski definition) is 4. The highest BCUT2D eigenvalue weighted by molar-refractivity contribution is 5.96. The second kappa shape index (κ2) is 6.18. The highest BCUT2D eigenvalue weighted by atomic mass is 16.5. The number of carbonyl (C=O) groups excluding carboxylic acids is 1. The zero-order chi connectivity index (χ0) is 14.5. The molecular formula is C14H18N4O2. The third-order valence-corrected chi connectivity index (χ3v) is 2.79. The Kier molecular flexibility index (Phi) is 4.34. The van der Waals surface area contributed by atoms with Crippen LogP contribution in [0.2, 0.25) is 0 Å². The molecule has 20 heavy (non-hydrogen) atoms. The fourth-order valence-corrected chi connectivity index (χ4v) is 1.87. The molecule has 0 saturated heterocycles. The number of rotatable bonds is 5. The fourth-order valence-electron chi connectivity index (χ4n) is 1.87. The second-order valence-electron chi connectivity index (χ2n) is 4.43. The van der Waals surface area contributed by atoms with Gasteiger partial charge < -0.3 is 9.64 Å². The standard InChI is InChI=1S/C14H18N4O2/c1-4-20-12-8-6-5-7-11(12)14(19)18(3)9-13-15-10(2)16-17-13/h5-8H,4,9H2,1-3H3,(H,15,16,17). The first-order valence-corrected chi connectivity index (χ1v) is 6.47. The van der Waals surface area contributed by atoms with Gasteiger partial charge in [0, 0.05) is 7.05 Å². The smallest absolute Gasteiger partial charge is 0.257 e. The number of H-pyrrole nitrogens is 1. The highest BCUT2D eigenvalue weighted by Crippen LogP contribution is 2.19. The van der Waals surface area contributed by atoms with Crippen LogP contribution in [-0.4, -0.2) is 39.6 Å². The molecule has 6 heteroatoms. The van der Waals surface area contributed by atoms with Gasteiger partial charge in [-0.2, -0.15) is 5.10 Å². The minimum absolute atomic E-state index is 0.114. The summed E-state index contributed by atoms with van der Waals surface area (Å²) >= 11 is 0. The largest absolute Gasteiger partial charge is 0.493 e. The van der Waals surface area contributed by atoms with Crippen LogP contribution in [0.5, 0.6) is 5.75 Å². The molecule has 0 aliphatic rings. The van der Waals surface area contributed by atoms with Crippen molar-refractivity contribution in [3.63, 3.8) is 0 Å². The summed E-state index contributed by atoms with van der Waals surface area (Å²) in [6.07, 6.45) is 0. The zero-order valence-electron chi connectivity index (χ0n) is 11.9. The number of carbonyl (C=O) groups is 1. The molecule has 0 atom stereocenters. The number of hydrogen-bond donors (Lipinski definition) is 1. The van der Waals surface area contributed by atoms with E-state index in [1.165, 1.54) is 0 Å². The van der Waals surface area contributed by atoms with E-state index in [1.54, 1.807) is 24.1 Å². The zero-order valence-corrected chi connectivity index (χ0v) is 11.9. The normalized spacial score (nSPS) is 10.3. The number of nitrogens with zero attached hydrogens (tertiary/aromatic N) is 3. The SMILES string of the molecule is CCOc1ccccc1C(=O)N(C)Cc1n[nH]c(C)n1. The van der Waals surface area contributed by atoms with Gasteiger partial charge in [0.15, 0.2) is 5.82 Å². The molecule has 0 aliphatic carbocycles. The van der Waals surface area contributed by atoms with Crippen molar-refractivity contribution in [1.29, 1.82) is 0 Å². The summed E-state index contributed by atoms with van der Waals surface area (Å²) in [5.74, 6) is 1.80. The van der Waals surface area contributed by atoms with Crippen LogP contribution in [0.1, 0.15) is 28.9 Å². The molecule has 0 bridgehead atoms. The number of aryl methyl sites for hydroxylation is 1. The maximum absolute atomic E-state index is 12.4. The van der Waals surface area contributed by atoms with Gasteiger partial charge in [-0.1, -0.05) is 12.1 Å². The van der Waals surface area contributed by atoms with Gasteiger partial charge in [0.2, 0.25) is 0 Å². The molecule has 2 rings (SSSR count). The van der Waals surface area contributed by atoms with Crippen LogP contribution < -0.4 is 4.74 Å². The van der Waals surface area contributed by atoms with Crippen molar-refractivity contribution < 1.29 is 9.53 Å². The Morgan fingerprint density at radius 1 is 1.40 bits per heavy atom.